The van der Waals surface area contributed by atoms with Gasteiger partial charge in [0.2, 0.25) is 0 Å². The molecule has 0 spiro atoms. The summed E-state index contributed by atoms with van der Waals surface area (Å²) in [4.78, 5) is 19.1. The van der Waals surface area contributed by atoms with Crippen molar-refractivity contribution in [3.63, 3.8) is 0 Å². The van der Waals surface area contributed by atoms with E-state index in [0.717, 1.165) is 11.4 Å². The smallest absolute Gasteiger partial charge is 0.258 e. The summed E-state index contributed by atoms with van der Waals surface area (Å²) in [6.45, 7) is 7.99. The highest BCUT2D eigenvalue weighted by molar-refractivity contribution is 6.43. The first kappa shape index (κ1) is 20.2. The van der Waals surface area contributed by atoms with E-state index in [-0.39, 0.29) is 48.7 Å². The van der Waals surface area contributed by atoms with Gasteiger partial charge in [-0.2, -0.15) is 0 Å². The number of hydrogen-bond donors (Lipinski definition) is 3. The number of likely N-dealkylation sites (tertiary alicyclic amines) is 1. The molecule has 3 aliphatic heterocycles. The standard InChI is InChI=1S/C21H21ClFN5O2/c1-10-17(25-10)9-30-18-6-13(23)4-5-14(18)21(29)28-7-15(16(24)8-28)20-26-11(2)19(22)12(3)27-20/h4-6,17,24-26H,1,7-9H2,2-3H3/b20-15+,24-16?. The fraction of sp³-hybridized carbons (Fsp3) is 0.286. The number of rotatable bonds is 4. The van der Waals surface area contributed by atoms with Crippen molar-refractivity contribution in [2.45, 2.75) is 19.9 Å². The van der Waals surface area contributed by atoms with Gasteiger partial charge in [-0.1, -0.05) is 18.2 Å². The van der Waals surface area contributed by atoms with Gasteiger partial charge >= 0.3 is 0 Å². The predicted octanol–water partition coefficient (Wildman–Crippen LogP) is 2.91. The van der Waals surface area contributed by atoms with Crippen LogP contribution in [-0.4, -0.2) is 48.0 Å². The first-order valence-corrected chi connectivity index (χ1v) is 9.79. The van der Waals surface area contributed by atoms with Crippen LogP contribution in [0, 0.1) is 11.2 Å². The molecule has 0 radical (unpaired) electrons. The number of amides is 1. The molecule has 1 atom stereocenters. The zero-order valence-corrected chi connectivity index (χ0v) is 17.4. The van der Waals surface area contributed by atoms with Gasteiger partial charge in [-0.15, -0.1) is 0 Å². The third-order valence-corrected chi connectivity index (χ3v) is 5.70. The van der Waals surface area contributed by atoms with Crippen molar-refractivity contribution < 1.29 is 13.9 Å². The minimum absolute atomic E-state index is 0.00844. The molecule has 1 amide bonds. The second kappa shape index (κ2) is 7.60. The van der Waals surface area contributed by atoms with Crippen molar-refractivity contribution in [3.8, 4) is 5.75 Å². The molecule has 1 aromatic carbocycles. The van der Waals surface area contributed by atoms with Gasteiger partial charge in [0.1, 0.15) is 24.0 Å². The van der Waals surface area contributed by atoms with E-state index in [1.807, 2.05) is 6.92 Å². The van der Waals surface area contributed by atoms with E-state index in [9.17, 15) is 9.18 Å². The lowest BCUT2D eigenvalue weighted by Crippen LogP contribution is -2.29. The average molecular weight is 430 g/mol. The fourth-order valence-electron chi connectivity index (χ4n) is 3.34. The quantitative estimate of drug-likeness (QED) is 0.641. The summed E-state index contributed by atoms with van der Waals surface area (Å²) in [5.74, 6) is -0.140. The fourth-order valence-corrected chi connectivity index (χ4v) is 3.43. The third-order valence-electron chi connectivity index (χ3n) is 5.14. The van der Waals surface area contributed by atoms with Crippen LogP contribution >= 0.6 is 11.6 Å². The Bertz CT molecular complexity index is 1080. The lowest BCUT2D eigenvalue weighted by Gasteiger charge is -2.19. The van der Waals surface area contributed by atoms with Crippen LogP contribution in [-0.2, 0) is 0 Å². The van der Waals surface area contributed by atoms with Crippen LogP contribution in [0.25, 0.3) is 0 Å². The molecule has 9 heteroatoms. The SMILES string of the molecule is C=C1NC1COc1cc(F)ccc1C(=O)N1CC(=N)/C(=C2/N=C(C)C(Cl)=C(C)N2)C1. The summed E-state index contributed by atoms with van der Waals surface area (Å²) < 4.78 is 19.4. The van der Waals surface area contributed by atoms with Crippen molar-refractivity contribution in [3.05, 3.63) is 64.0 Å². The first-order valence-electron chi connectivity index (χ1n) is 9.41. The number of ether oxygens (including phenoxy) is 1. The van der Waals surface area contributed by atoms with Crippen LogP contribution < -0.4 is 15.4 Å². The molecule has 1 unspecified atom stereocenters. The second-order valence-corrected chi connectivity index (χ2v) is 7.78. The van der Waals surface area contributed by atoms with E-state index < -0.39 is 5.82 Å². The summed E-state index contributed by atoms with van der Waals surface area (Å²) >= 11 is 6.17. The molecule has 0 saturated carbocycles. The molecule has 4 rings (SSSR count). The van der Waals surface area contributed by atoms with Gasteiger partial charge in [0.15, 0.2) is 0 Å². The molecule has 1 aromatic rings. The molecule has 0 aromatic heterocycles. The van der Waals surface area contributed by atoms with Crippen LogP contribution in [0.15, 0.2) is 57.6 Å². The maximum Gasteiger partial charge on any atom is 0.258 e. The molecular formula is C21H21ClFN5O2. The molecule has 3 aliphatic rings. The van der Waals surface area contributed by atoms with E-state index in [2.05, 4.69) is 22.2 Å². The van der Waals surface area contributed by atoms with E-state index >= 15 is 0 Å². The summed E-state index contributed by atoms with van der Waals surface area (Å²) in [5, 5.41) is 15.0. The molecule has 3 N–H and O–H groups in total. The molecule has 2 fully saturated rings. The van der Waals surface area contributed by atoms with Gasteiger partial charge in [0.05, 0.1) is 41.2 Å². The Morgan fingerprint density at radius 3 is 2.83 bits per heavy atom. The number of nitrogens with zero attached hydrogens (tertiary/aromatic N) is 2. The van der Waals surface area contributed by atoms with Gasteiger partial charge < -0.3 is 25.7 Å². The number of halogens is 2. The van der Waals surface area contributed by atoms with E-state index in [4.69, 9.17) is 21.7 Å². The number of aliphatic imine (C=N–C) groups is 1. The monoisotopic (exact) mass is 429 g/mol. The number of carbonyl (C=O) groups excluding carboxylic acids is 1. The Morgan fingerprint density at radius 1 is 1.43 bits per heavy atom. The topological polar surface area (TPSA) is 99.7 Å². The zero-order chi connectivity index (χ0) is 21.6. The summed E-state index contributed by atoms with van der Waals surface area (Å²) in [6, 6.07) is 3.84. The number of hydrogen-bond acceptors (Lipinski definition) is 6. The Labute approximate surface area is 178 Å². The Balaban J connectivity index is 1.56. The number of carbonyl (C=O) groups is 1. The number of nitrogens with one attached hydrogen (secondary N) is 3. The molecule has 7 nitrogen and oxygen atoms in total. The molecule has 30 heavy (non-hydrogen) atoms. The average Bonchev–Trinajstić information content (AvgIpc) is 3.27. The molecule has 2 saturated heterocycles. The van der Waals surface area contributed by atoms with E-state index in [1.54, 1.807) is 6.92 Å². The third kappa shape index (κ3) is 3.82. The number of allylic oxidation sites excluding steroid dienone is 2. The highest BCUT2D eigenvalue weighted by Crippen LogP contribution is 2.27. The van der Waals surface area contributed by atoms with E-state index in [0.29, 0.717) is 22.1 Å². The van der Waals surface area contributed by atoms with Crippen LogP contribution in [0.1, 0.15) is 24.2 Å². The minimum Gasteiger partial charge on any atom is -0.490 e. The maximum atomic E-state index is 13.8. The van der Waals surface area contributed by atoms with Crippen LogP contribution in [0.5, 0.6) is 5.75 Å². The highest BCUT2D eigenvalue weighted by Gasteiger charge is 2.32. The van der Waals surface area contributed by atoms with Crippen molar-refractivity contribution in [1.82, 2.24) is 15.5 Å². The minimum atomic E-state index is -0.489. The number of benzene rings is 1. The second-order valence-electron chi connectivity index (χ2n) is 7.40. The zero-order valence-electron chi connectivity index (χ0n) is 16.6. The van der Waals surface area contributed by atoms with Crippen LogP contribution in [0.4, 0.5) is 4.39 Å². The summed E-state index contributed by atoms with van der Waals surface area (Å²) in [5.41, 5.74) is 3.40. The van der Waals surface area contributed by atoms with Crippen molar-refractivity contribution >= 4 is 28.9 Å². The van der Waals surface area contributed by atoms with Gasteiger partial charge in [-0.05, 0) is 26.0 Å². The highest BCUT2D eigenvalue weighted by atomic mass is 35.5. The molecule has 156 valence electrons. The molecule has 0 bridgehead atoms. The van der Waals surface area contributed by atoms with Crippen molar-refractivity contribution in [2.24, 2.45) is 4.99 Å². The largest absolute Gasteiger partial charge is 0.490 e. The Kier molecular flexibility index (Phi) is 5.11. The first-order chi connectivity index (χ1) is 14.2. The molecule has 0 aliphatic carbocycles. The lowest BCUT2D eigenvalue weighted by atomic mass is 10.1. The maximum absolute atomic E-state index is 13.8. The van der Waals surface area contributed by atoms with Crippen molar-refractivity contribution in [2.75, 3.05) is 19.7 Å². The van der Waals surface area contributed by atoms with E-state index in [1.165, 1.54) is 23.1 Å². The normalized spacial score (nSPS) is 23.3. The molecule has 3 heterocycles. The lowest BCUT2D eigenvalue weighted by molar-refractivity contribution is 0.0799. The summed E-state index contributed by atoms with van der Waals surface area (Å²) in [6.07, 6.45) is 0. The van der Waals surface area contributed by atoms with Crippen LogP contribution in [0.3, 0.4) is 0 Å². The van der Waals surface area contributed by atoms with Crippen molar-refractivity contribution in [1.29, 1.82) is 5.41 Å². The predicted molar refractivity (Wildman–Crippen MR) is 113 cm³/mol. The Morgan fingerprint density at radius 2 is 2.17 bits per heavy atom. The van der Waals surface area contributed by atoms with Gasteiger partial charge in [0, 0.05) is 23.0 Å². The van der Waals surface area contributed by atoms with Gasteiger partial charge in [-0.3, -0.25) is 4.79 Å². The molecular weight excluding hydrogens is 409 g/mol. The van der Waals surface area contributed by atoms with Gasteiger partial charge in [0.25, 0.3) is 5.91 Å². The Hall–Kier alpha value is -3.13. The van der Waals surface area contributed by atoms with Crippen LogP contribution in [0.2, 0.25) is 0 Å². The summed E-state index contributed by atoms with van der Waals surface area (Å²) in [7, 11) is 0. The van der Waals surface area contributed by atoms with Gasteiger partial charge in [-0.25, -0.2) is 9.38 Å².